The highest BCUT2D eigenvalue weighted by Crippen LogP contribution is 2.36. The lowest BCUT2D eigenvalue weighted by Gasteiger charge is -2.34. The Balaban J connectivity index is 2.20. The van der Waals surface area contributed by atoms with Crippen molar-refractivity contribution < 1.29 is 9.84 Å². The van der Waals surface area contributed by atoms with Crippen molar-refractivity contribution in [1.29, 1.82) is 0 Å². The maximum Gasteiger partial charge on any atom is 0.103 e. The van der Waals surface area contributed by atoms with E-state index in [0.29, 0.717) is 13.0 Å². The number of aliphatic hydroxyl groups is 1. The lowest BCUT2D eigenvalue weighted by molar-refractivity contribution is -0.0994. The Hall–Kier alpha value is -0.380. The van der Waals surface area contributed by atoms with Gasteiger partial charge in [-0.15, -0.1) is 11.3 Å². The van der Waals surface area contributed by atoms with Crippen molar-refractivity contribution in [3.8, 4) is 0 Å². The van der Waals surface area contributed by atoms with E-state index in [9.17, 15) is 5.11 Å². The van der Waals surface area contributed by atoms with Crippen molar-refractivity contribution in [3.63, 3.8) is 0 Å². The second-order valence-corrected chi connectivity index (χ2v) is 4.59. The average molecular weight is 198 g/mol. The van der Waals surface area contributed by atoms with Gasteiger partial charge in [-0.2, -0.15) is 0 Å². The highest BCUT2D eigenvalue weighted by Gasteiger charge is 2.35. The topological polar surface area (TPSA) is 29.5 Å². The van der Waals surface area contributed by atoms with E-state index < -0.39 is 5.60 Å². The highest BCUT2D eigenvalue weighted by atomic mass is 32.1. The van der Waals surface area contributed by atoms with Crippen LogP contribution >= 0.6 is 11.3 Å². The van der Waals surface area contributed by atoms with Gasteiger partial charge in [0.15, 0.2) is 0 Å². The normalized spacial score (nSPS) is 34.8. The number of hydrogen-bond acceptors (Lipinski definition) is 3. The van der Waals surface area contributed by atoms with E-state index in [1.54, 1.807) is 11.3 Å². The fourth-order valence-electron chi connectivity index (χ4n) is 1.83. The highest BCUT2D eigenvalue weighted by molar-refractivity contribution is 7.10. The monoisotopic (exact) mass is 198 g/mol. The summed E-state index contributed by atoms with van der Waals surface area (Å²) in [5.41, 5.74) is -0.633. The molecule has 2 rings (SSSR count). The van der Waals surface area contributed by atoms with Gasteiger partial charge in [-0.25, -0.2) is 0 Å². The standard InChI is InChI=1S/C10H14O2S/c1-8-7-10(11,4-5-12-8)9-3-2-6-13-9/h2-3,6,8,11H,4-5,7H2,1H3/t8-,10+/m0/s1. The zero-order valence-electron chi connectivity index (χ0n) is 7.69. The van der Waals surface area contributed by atoms with Gasteiger partial charge in [0.05, 0.1) is 12.7 Å². The Morgan fingerprint density at radius 1 is 1.69 bits per heavy atom. The molecule has 0 unspecified atom stereocenters. The molecular weight excluding hydrogens is 184 g/mol. The van der Waals surface area contributed by atoms with Crippen LogP contribution in [0.25, 0.3) is 0 Å². The summed E-state index contributed by atoms with van der Waals surface area (Å²) in [4.78, 5) is 1.07. The van der Waals surface area contributed by atoms with E-state index in [4.69, 9.17) is 4.74 Å². The van der Waals surface area contributed by atoms with Crippen molar-refractivity contribution in [3.05, 3.63) is 22.4 Å². The lowest BCUT2D eigenvalue weighted by Crippen LogP contribution is -2.36. The molecule has 0 aliphatic carbocycles. The van der Waals surface area contributed by atoms with Crippen molar-refractivity contribution >= 4 is 11.3 Å². The quantitative estimate of drug-likeness (QED) is 0.749. The predicted molar refractivity (Wildman–Crippen MR) is 52.9 cm³/mol. The van der Waals surface area contributed by atoms with Crippen molar-refractivity contribution in [1.82, 2.24) is 0 Å². The molecule has 3 heteroatoms. The number of rotatable bonds is 1. The minimum atomic E-state index is -0.633. The van der Waals surface area contributed by atoms with Crippen molar-refractivity contribution in [2.75, 3.05) is 6.61 Å². The van der Waals surface area contributed by atoms with Crippen LogP contribution in [0.15, 0.2) is 17.5 Å². The average Bonchev–Trinajstić information content (AvgIpc) is 2.55. The van der Waals surface area contributed by atoms with Crippen molar-refractivity contribution in [2.45, 2.75) is 31.5 Å². The van der Waals surface area contributed by atoms with Crippen LogP contribution in [0, 0.1) is 0 Å². The Kier molecular flexibility index (Phi) is 2.41. The van der Waals surface area contributed by atoms with Crippen LogP contribution in [0.1, 0.15) is 24.6 Å². The van der Waals surface area contributed by atoms with Crippen LogP contribution < -0.4 is 0 Å². The molecule has 2 atom stereocenters. The summed E-state index contributed by atoms with van der Waals surface area (Å²) in [7, 11) is 0. The van der Waals surface area contributed by atoms with Crippen LogP contribution in [0.5, 0.6) is 0 Å². The van der Waals surface area contributed by atoms with Gasteiger partial charge in [0.1, 0.15) is 5.60 Å². The van der Waals surface area contributed by atoms with E-state index in [0.717, 1.165) is 11.3 Å². The summed E-state index contributed by atoms with van der Waals surface area (Å²) in [5.74, 6) is 0. The zero-order chi connectivity index (χ0) is 9.31. The zero-order valence-corrected chi connectivity index (χ0v) is 8.51. The third-order valence-corrected chi connectivity index (χ3v) is 3.59. The molecule has 1 aromatic heterocycles. The first kappa shape index (κ1) is 9.19. The summed E-state index contributed by atoms with van der Waals surface area (Å²) in [5, 5.41) is 12.3. The lowest BCUT2D eigenvalue weighted by atomic mass is 9.89. The molecular formula is C10H14O2S. The summed E-state index contributed by atoms with van der Waals surface area (Å²) >= 11 is 1.62. The molecule has 2 nitrogen and oxygen atoms in total. The van der Waals surface area contributed by atoms with Crippen LogP contribution in [0.4, 0.5) is 0 Å². The van der Waals surface area contributed by atoms with Crippen molar-refractivity contribution in [2.24, 2.45) is 0 Å². The maximum absolute atomic E-state index is 10.3. The van der Waals surface area contributed by atoms with Gasteiger partial charge in [0.25, 0.3) is 0 Å². The Labute approximate surface area is 82.2 Å². The molecule has 0 bridgehead atoms. The third-order valence-electron chi connectivity index (χ3n) is 2.52. The van der Waals surface area contributed by atoms with Crippen LogP contribution in [0.3, 0.4) is 0 Å². The van der Waals surface area contributed by atoms with E-state index in [1.807, 2.05) is 24.4 Å². The largest absolute Gasteiger partial charge is 0.384 e. The van der Waals surface area contributed by atoms with E-state index in [2.05, 4.69) is 0 Å². The maximum atomic E-state index is 10.3. The summed E-state index contributed by atoms with van der Waals surface area (Å²) in [6, 6.07) is 3.99. The molecule has 0 radical (unpaired) electrons. The minimum absolute atomic E-state index is 0.167. The molecule has 1 saturated heterocycles. The summed E-state index contributed by atoms with van der Waals surface area (Å²) in [6.07, 6.45) is 1.60. The minimum Gasteiger partial charge on any atom is -0.384 e. The molecule has 0 spiro atoms. The first-order valence-electron chi connectivity index (χ1n) is 4.59. The van der Waals surface area contributed by atoms with E-state index in [1.165, 1.54) is 0 Å². The van der Waals surface area contributed by atoms with Gasteiger partial charge < -0.3 is 9.84 Å². The smallest absolute Gasteiger partial charge is 0.103 e. The number of hydrogen-bond donors (Lipinski definition) is 1. The van der Waals surface area contributed by atoms with Gasteiger partial charge >= 0.3 is 0 Å². The molecule has 1 fully saturated rings. The van der Waals surface area contributed by atoms with Gasteiger partial charge in [-0.05, 0) is 18.4 Å². The SMILES string of the molecule is C[C@H]1C[C@@](O)(c2cccs2)CCO1. The fraction of sp³-hybridized carbons (Fsp3) is 0.600. The second-order valence-electron chi connectivity index (χ2n) is 3.64. The van der Waals surface area contributed by atoms with Gasteiger partial charge in [-0.1, -0.05) is 6.07 Å². The van der Waals surface area contributed by atoms with Gasteiger partial charge in [-0.3, -0.25) is 0 Å². The summed E-state index contributed by atoms with van der Waals surface area (Å²) in [6.45, 7) is 2.67. The second kappa shape index (κ2) is 3.40. The number of ether oxygens (including phenoxy) is 1. The molecule has 1 aliphatic heterocycles. The molecule has 1 aromatic rings. The first-order chi connectivity index (χ1) is 6.21. The predicted octanol–water partition coefficient (Wildman–Crippen LogP) is 2.13. The molecule has 0 amide bonds. The third kappa shape index (κ3) is 1.77. The van der Waals surface area contributed by atoms with Crippen LogP contribution in [-0.4, -0.2) is 17.8 Å². The van der Waals surface area contributed by atoms with Gasteiger partial charge in [0.2, 0.25) is 0 Å². The van der Waals surface area contributed by atoms with E-state index >= 15 is 0 Å². The summed E-state index contributed by atoms with van der Waals surface area (Å²) < 4.78 is 5.42. The Bertz CT molecular complexity index is 270. The molecule has 13 heavy (non-hydrogen) atoms. The molecule has 1 aliphatic rings. The molecule has 0 saturated carbocycles. The first-order valence-corrected chi connectivity index (χ1v) is 5.47. The Morgan fingerprint density at radius 2 is 2.54 bits per heavy atom. The van der Waals surface area contributed by atoms with Crippen LogP contribution in [-0.2, 0) is 10.3 Å². The molecule has 72 valence electrons. The Morgan fingerprint density at radius 3 is 3.15 bits per heavy atom. The number of thiophene rings is 1. The molecule has 2 heterocycles. The molecule has 0 aromatic carbocycles. The molecule has 1 N–H and O–H groups in total. The van der Waals surface area contributed by atoms with Crippen LogP contribution in [0.2, 0.25) is 0 Å². The van der Waals surface area contributed by atoms with E-state index in [-0.39, 0.29) is 6.10 Å². The fourth-order valence-corrected chi connectivity index (χ4v) is 2.70. The van der Waals surface area contributed by atoms with Gasteiger partial charge in [0, 0.05) is 17.7 Å².